The van der Waals surface area contributed by atoms with Crippen LogP contribution in [0, 0.1) is 5.82 Å². The molecule has 0 saturated heterocycles. The van der Waals surface area contributed by atoms with Gasteiger partial charge in [-0.05, 0) is 18.2 Å². The second kappa shape index (κ2) is 6.42. The monoisotopic (exact) mass is 294 g/mol. The molecule has 0 fully saturated rings. The Bertz CT molecular complexity index is 614. The average Bonchev–Trinajstić information content (AvgIpc) is 2.79. The van der Waals surface area contributed by atoms with Crippen LogP contribution in [0.5, 0.6) is 0 Å². The lowest BCUT2D eigenvalue weighted by molar-refractivity contribution is -0.115. The Morgan fingerprint density at radius 1 is 1.55 bits per heavy atom. The first-order valence-corrected chi connectivity index (χ1v) is 6.99. The van der Waals surface area contributed by atoms with Gasteiger partial charge in [0, 0.05) is 30.3 Å². The number of nitrogens with one attached hydrogen (secondary N) is 1. The number of anilines is 2. The normalized spacial score (nSPS) is 10.5. The van der Waals surface area contributed by atoms with E-state index in [0.717, 1.165) is 4.90 Å². The molecule has 0 aliphatic heterocycles. The summed E-state index contributed by atoms with van der Waals surface area (Å²) in [5.41, 5.74) is 6.27. The minimum absolute atomic E-state index is 0.153. The molecule has 2 aromatic rings. The summed E-state index contributed by atoms with van der Waals surface area (Å²) < 4.78 is 14.6. The van der Waals surface area contributed by atoms with Crippen LogP contribution < -0.4 is 11.1 Å². The Morgan fingerprint density at radius 3 is 3.00 bits per heavy atom. The first-order chi connectivity index (χ1) is 9.54. The highest BCUT2D eigenvalue weighted by Crippen LogP contribution is 2.20. The summed E-state index contributed by atoms with van der Waals surface area (Å²) in [5, 5.41) is 6.71. The van der Waals surface area contributed by atoms with E-state index < -0.39 is 5.82 Å². The van der Waals surface area contributed by atoms with E-state index in [1.807, 2.05) is 13.2 Å². The molecule has 7 heteroatoms. The lowest BCUT2D eigenvalue weighted by atomic mass is 10.2. The maximum absolute atomic E-state index is 12.9. The zero-order chi connectivity index (χ0) is 14.5. The standard InChI is InChI=1S/C13H15FN4OS/c1-18-8-10(7-16-18)20-5-4-13(19)17-12-3-2-9(14)6-11(12)15/h2-3,6-8H,4-5,15H2,1H3,(H,17,19). The summed E-state index contributed by atoms with van der Waals surface area (Å²) in [6.45, 7) is 0. The highest BCUT2D eigenvalue weighted by molar-refractivity contribution is 7.99. The third-order valence-corrected chi connectivity index (χ3v) is 3.52. The highest BCUT2D eigenvalue weighted by Gasteiger charge is 2.07. The van der Waals surface area contributed by atoms with Gasteiger partial charge >= 0.3 is 0 Å². The number of aromatic nitrogens is 2. The minimum atomic E-state index is -0.423. The Kier molecular flexibility index (Phi) is 4.62. The summed E-state index contributed by atoms with van der Waals surface area (Å²) in [4.78, 5) is 12.8. The van der Waals surface area contributed by atoms with Gasteiger partial charge in [-0.25, -0.2) is 4.39 Å². The highest BCUT2D eigenvalue weighted by atomic mass is 32.2. The van der Waals surface area contributed by atoms with Crippen LogP contribution in [0.15, 0.2) is 35.5 Å². The summed E-state index contributed by atoms with van der Waals surface area (Å²) in [6, 6.07) is 3.90. The van der Waals surface area contributed by atoms with E-state index in [0.29, 0.717) is 17.9 Å². The number of benzene rings is 1. The van der Waals surface area contributed by atoms with Crippen LogP contribution in [-0.4, -0.2) is 21.4 Å². The number of thioether (sulfide) groups is 1. The maximum atomic E-state index is 12.9. The molecule has 0 spiro atoms. The molecule has 5 nitrogen and oxygen atoms in total. The van der Waals surface area contributed by atoms with E-state index in [-0.39, 0.29) is 11.6 Å². The smallest absolute Gasteiger partial charge is 0.225 e. The fourth-order valence-corrected chi connectivity index (χ4v) is 2.47. The molecule has 0 unspecified atom stereocenters. The van der Waals surface area contributed by atoms with Gasteiger partial charge in [0.1, 0.15) is 5.82 Å². The summed E-state index contributed by atoms with van der Waals surface area (Å²) in [7, 11) is 1.84. The molecular formula is C13H15FN4OS. The number of hydrogen-bond acceptors (Lipinski definition) is 4. The first-order valence-electron chi connectivity index (χ1n) is 6.01. The second-order valence-electron chi connectivity index (χ2n) is 4.23. The van der Waals surface area contributed by atoms with Crippen LogP contribution in [0.2, 0.25) is 0 Å². The predicted molar refractivity (Wildman–Crippen MR) is 78.0 cm³/mol. The lowest BCUT2D eigenvalue weighted by Crippen LogP contribution is -2.13. The summed E-state index contributed by atoms with van der Waals surface area (Å²) in [6.07, 6.45) is 3.98. The molecule has 1 amide bonds. The number of hydrogen-bond donors (Lipinski definition) is 2. The second-order valence-corrected chi connectivity index (χ2v) is 5.40. The molecule has 2 rings (SSSR count). The van der Waals surface area contributed by atoms with Gasteiger partial charge < -0.3 is 11.1 Å². The first kappa shape index (κ1) is 14.4. The quantitative estimate of drug-likeness (QED) is 0.655. The number of aryl methyl sites for hydroxylation is 1. The van der Waals surface area contributed by atoms with Crippen molar-refractivity contribution in [3.8, 4) is 0 Å². The van der Waals surface area contributed by atoms with Gasteiger partial charge in [-0.1, -0.05) is 0 Å². The number of nitrogens with two attached hydrogens (primary N) is 1. The molecule has 1 heterocycles. The third-order valence-electron chi connectivity index (χ3n) is 2.57. The number of nitrogens with zero attached hydrogens (tertiary/aromatic N) is 2. The number of amides is 1. The fraction of sp³-hybridized carbons (Fsp3) is 0.231. The summed E-state index contributed by atoms with van der Waals surface area (Å²) >= 11 is 1.55. The SMILES string of the molecule is Cn1cc(SCCC(=O)Nc2ccc(F)cc2N)cn1. The molecule has 0 radical (unpaired) electrons. The van der Waals surface area contributed by atoms with Crippen molar-refractivity contribution in [1.29, 1.82) is 0 Å². The molecule has 1 aromatic heterocycles. The number of rotatable bonds is 5. The Balaban J connectivity index is 1.80. The van der Waals surface area contributed by atoms with Gasteiger partial charge in [0.15, 0.2) is 0 Å². The van der Waals surface area contributed by atoms with E-state index in [4.69, 9.17) is 5.73 Å². The van der Waals surface area contributed by atoms with Crippen molar-refractivity contribution in [1.82, 2.24) is 9.78 Å². The van der Waals surface area contributed by atoms with E-state index in [1.165, 1.54) is 18.2 Å². The number of nitrogen functional groups attached to an aromatic ring is 1. The zero-order valence-corrected chi connectivity index (χ0v) is 11.8. The molecule has 0 bridgehead atoms. The third kappa shape index (κ3) is 3.99. The fourth-order valence-electron chi connectivity index (χ4n) is 1.60. The van der Waals surface area contributed by atoms with Crippen molar-refractivity contribution in [3.05, 3.63) is 36.4 Å². The van der Waals surface area contributed by atoms with Crippen LogP contribution in [-0.2, 0) is 11.8 Å². The average molecular weight is 294 g/mol. The van der Waals surface area contributed by atoms with Crippen molar-refractivity contribution in [2.24, 2.45) is 7.05 Å². The molecule has 1 aromatic carbocycles. The van der Waals surface area contributed by atoms with Crippen LogP contribution in [0.4, 0.5) is 15.8 Å². The van der Waals surface area contributed by atoms with Crippen LogP contribution in [0.25, 0.3) is 0 Å². The lowest BCUT2D eigenvalue weighted by Gasteiger charge is -2.07. The Labute approximate surface area is 120 Å². The Hall–Kier alpha value is -2.02. The molecule has 0 saturated carbocycles. The van der Waals surface area contributed by atoms with Gasteiger partial charge in [0.2, 0.25) is 5.91 Å². The molecule has 0 aliphatic rings. The number of carbonyl (C=O) groups excluding carboxylic acids is 1. The molecular weight excluding hydrogens is 279 g/mol. The van der Waals surface area contributed by atoms with E-state index in [9.17, 15) is 9.18 Å². The van der Waals surface area contributed by atoms with Gasteiger partial charge in [-0.3, -0.25) is 9.48 Å². The predicted octanol–water partition coefficient (Wildman–Crippen LogP) is 2.26. The van der Waals surface area contributed by atoms with Crippen molar-refractivity contribution in [2.75, 3.05) is 16.8 Å². The Morgan fingerprint density at radius 2 is 2.35 bits per heavy atom. The van der Waals surface area contributed by atoms with E-state index in [1.54, 1.807) is 22.6 Å². The topological polar surface area (TPSA) is 72.9 Å². The van der Waals surface area contributed by atoms with Gasteiger partial charge in [0.25, 0.3) is 0 Å². The summed E-state index contributed by atoms with van der Waals surface area (Å²) in [5.74, 6) is 0.0610. The van der Waals surface area contributed by atoms with Crippen LogP contribution >= 0.6 is 11.8 Å². The maximum Gasteiger partial charge on any atom is 0.225 e. The van der Waals surface area contributed by atoms with Gasteiger partial charge in [0.05, 0.1) is 17.6 Å². The van der Waals surface area contributed by atoms with E-state index in [2.05, 4.69) is 10.4 Å². The largest absolute Gasteiger partial charge is 0.397 e. The van der Waals surface area contributed by atoms with Crippen LogP contribution in [0.3, 0.4) is 0 Å². The molecule has 3 N–H and O–H groups in total. The van der Waals surface area contributed by atoms with Gasteiger partial charge in [-0.2, -0.15) is 5.10 Å². The van der Waals surface area contributed by atoms with E-state index >= 15 is 0 Å². The van der Waals surface area contributed by atoms with Crippen molar-refractivity contribution in [2.45, 2.75) is 11.3 Å². The van der Waals surface area contributed by atoms with Crippen molar-refractivity contribution in [3.63, 3.8) is 0 Å². The number of halogens is 1. The molecule has 0 atom stereocenters. The van der Waals surface area contributed by atoms with Gasteiger partial charge in [-0.15, -0.1) is 11.8 Å². The van der Waals surface area contributed by atoms with Crippen molar-refractivity contribution < 1.29 is 9.18 Å². The molecule has 106 valence electrons. The molecule has 20 heavy (non-hydrogen) atoms. The molecule has 0 aliphatic carbocycles. The zero-order valence-electron chi connectivity index (χ0n) is 11.0. The van der Waals surface area contributed by atoms with Crippen LogP contribution in [0.1, 0.15) is 6.42 Å². The number of carbonyl (C=O) groups is 1. The van der Waals surface area contributed by atoms with Crippen molar-refractivity contribution >= 4 is 29.0 Å². The minimum Gasteiger partial charge on any atom is -0.397 e.